The molecular formula is C24H18Cl2F7NO3. The standard InChI is InChI=1S/C24H18Cl2F7NO3/c25-18-8-3-9-19(21(18)26)36-16-6-2-5-15(11-16)34(13-20(35)23(29,30)31)12-14-4-1-7-17(10-14)37-24(32,33)22(27)28/h1-11,20,22,35H,12-13H2/t20-/m1/s1. The molecule has 1 N–H and O–H groups in total. The molecular weight excluding hydrogens is 554 g/mol. The average Bonchev–Trinajstić information content (AvgIpc) is 2.81. The van der Waals surface area contributed by atoms with E-state index in [-0.39, 0.29) is 39.3 Å². The number of aliphatic hydroxyl groups excluding tert-OH is 1. The lowest BCUT2D eigenvalue weighted by Gasteiger charge is -2.29. The van der Waals surface area contributed by atoms with Crippen molar-refractivity contribution in [1.29, 1.82) is 0 Å². The zero-order chi connectivity index (χ0) is 27.4. The fraction of sp³-hybridized carbons (Fsp3) is 0.250. The van der Waals surface area contributed by atoms with E-state index in [1.165, 1.54) is 48.5 Å². The van der Waals surface area contributed by atoms with Gasteiger partial charge in [0.25, 0.3) is 0 Å². The molecule has 200 valence electrons. The Hall–Kier alpha value is -2.89. The van der Waals surface area contributed by atoms with Crippen molar-refractivity contribution in [2.75, 3.05) is 11.4 Å². The molecule has 0 aliphatic heterocycles. The van der Waals surface area contributed by atoms with Crippen molar-refractivity contribution in [1.82, 2.24) is 0 Å². The fourth-order valence-electron chi connectivity index (χ4n) is 3.14. The molecule has 4 nitrogen and oxygen atoms in total. The van der Waals surface area contributed by atoms with Gasteiger partial charge in [-0.2, -0.15) is 30.7 Å². The lowest BCUT2D eigenvalue weighted by molar-refractivity contribution is -0.253. The number of anilines is 1. The molecule has 3 aromatic rings. The van der Waals surface area contributed by atoms with Crippen molar-refractivity contribution < 1.29 is 45.3 Å². The summed E-state index contributed by atoms with van der Waals surface area (Å²) in [5.41, 5.74) is 0.296. The summed E-state index contributed by atoms with van der Waals surface area (Å²) >= 11 is 12.1. The van der Waals surface area contributed by atoms with Crippen LogP contribution in [0.4, 0.5) is 36.4 Å². The van der Waals surface area contributed by atoms with Gasteiger partial charge in [-0.1, -0.05) is 47.5 Å². The van der Waals surface area contributed by atoms with Gasteiger partial charge in [0.1, 0.15) is 22.3 Å². The molecule has 0 aromatic heterocycles. The first-order valence-corrected chi connectivity index (χ1v) is 11.2. The molecule has 0 heterocycles. The van der Waals surface area contributed by atoms with E-state index in [9.17, 15) is 35.8 Å². The van der Waals surface area contributed by atoms with Gasteiger partial charge < -0.3 is 19.5 Å². The number of hydrogen-bond donors (Lipinski definition) is 1. The first-order chi connectivity index (χ1) is 17.3. The summed E-state index contributed by atoms with van der Waals surface area (Å²) in [6.07, 6.45) is -16.6. The Labute approximate surface area is 216 Å². The summed E-state index contributed by atoms with van der Waals surface area (Å²) < 4.78 is 101. The normalized spacial score (nSPS) is 12.9. The second-order valence-electron chi connectivity index (χ2n) is 7.70. The zero-order valence-corrected chi connectivity index (χ0v) is 20.0. The number of alkyl halides is 7. The number of ether oxygens (including phenoxy) is 2. The Bertz CT molecular complexity index is 1210. The van der Waals surface area contributed by atoms with Gasteiger partial charge in [-0.25, -0.2) is 0 Å². The van der Waals surface area contributed by atoms with Crippen molar-refractivity contribution >= 4 is 28.9 Å². The zero-order valence-electron chi connectivity index (χ0n) is 18.5. The van der Waals surface area contributed by atoms with Crippen LogP contribution in [-0.4, -0.2) is 36.5 Å². The first kappa shape index (κ1) is 28.7. The van der Waals surface area contributed by atoms with Crippen molar-refractivity contribution in [3.05, 3.63) is 82.3 Å². The van der Waals surface area contributed by atoms with Crippen LogP contribution in [0.1, 0.15) is 5.56 Å². The number of nitrogens with zero attached hydrogens (tertiary/aromatic N) is 1. The van der Waals surface area contributed by atoms with Crippen molar-refractivity contribution in [3.63, 3.8) is 0 Å². The minimum absolute atomic E-state index is 0.108. The van der Waals surface area contributed by atoms with E-state index in [2.05, 4.69) is 4.74 Å². The number of benzene rings is 3. The molecule has 0 bridgehead atoms. The number of halogens is 9. The van der Waals surface area contributed by atoms with Crippen LogP contribution in [0.15, 0.2) is 66.7 Å². The van der Waals surface area contributed by atoms with Gasteiger partial charge in [0.05, 0.1) is 11.6 Å². The molecule has 3 aromatic carbocycles. The molecule has 1 atom stereocenters. The molecule has 0 radical (unpaired) electrons. The van der Waals surface area contributed by atoms with Gasteiger partial charge in [0.2, 0.25) is 0 Å². The van der Waals surface area contributed by atoms with Crippen LogP contribution >= 0.6 is 23.2 Å². The Balaban J connectivity index is 1.90. The predicted octanol–water partition coefficient (Wildman–Crippen LogP) is 7.95. The van der Waals surface area contributed by atoms with E-state index >= 15 is 0 Å². The summed E-state index contributed by atoms with van der Waals surface area (Å²) in [5.74, 6) is -0.272. The lowest BCUT2D eigenvalue weighted by Crippen LogP contribution is -2.40. The molecule has 0 saturated heterocycles. The van der Waals surface area contributed by atoms with E-state index < -0.39 is 37.1 Å². The van der Waals surface area contributed by atoms with Crippen LogP contribution in [0.5, 0.6) is 17.2 Å². The molecule has 0 amide bonds. The minimum Gasteiger partial charge on any atom is -0.456 e. The summed E-state index contributed by atoms with van der Waals surface area (Å²) in [5, 5.41) is 10.0. The van der Waals surface area contributed by atoms with E-state index in [1.54, 1.807) is 6.07 Å². The highest BCUT2D eigenvalue weighted by Crippen LogP contribution is 2.36. The van der Waals surface area contributed by atoms with Crippen LogP contribution in [-0.2, 0) is 6.54 Å². The van der Waals surface area contributed by atoms with Crippen LogP contribution in [0.25, 0.3) is 0 Å². The number of aliphatic hydroxyl groups is 1. The van der Waals surface area contributed by atoms with E-state index in [0.29, 0.717) is 0 Å². The van der Waals surface area contributed by atoms with Crippen LogP contribution in [0, 0.1) is 0 Å². The highest BCUT2D eigenvalue weighted by atomic mass is 35.5. The van der Waals surface area contributed by atoms with Crippen molar-refractivity contribution in [2.24, 2.45) is 0 Å². The van der Waals surface area contributed by atoms with Crippen LogP contribution in [0.3, 0.4) is 0 Å². The van der Waals surface area contributed by atoms with E-state index in [0.717, 1.165) is 17.0 Å². The van der Waals surface area contributed by atoms with Gasteiger partial charge >= 0.3 is 18.7 Å². The Kier molecular flexibility index (Phi) is 9.04. The van der Waals surface area contributed by atoms with E-state index in [4.69, 9.17) is 27.9 Å². The molecule has 0 unspecified atom stereocenters. The Morgan fingerprint density at radius 3 is 2.19 bits per heavy atom. The van der Waals surface area contributed by atoms with Crippen molar-refractivity contribution in [2.45, 2.75) is 31.4 Å². The maximum Gasteiger partial charge on any atom is 0.461 e. The predicted molar refractivity (Wildman–Crippen MR) is 124 cm³/mol. The summed E-state index contributed by atoms with van der Waals surface area (Å²) in [4.78, 5) is 1.11. The van der Waals surface area contributed by atoms with Crippen LogP contribution < -0.4 is 14.4 Å². The Morgan fingerprint density at radius 1 is 0.865 bits per heavy atom. The summed E-state index contributed by atoms with van der Waals surface area (Å²) in [6, 6.07) is 15.0. The maximum absolute atomic E-state index is 13.3. The van der Waals surface area contributed by atoms with Crippen LogP contribution in [0.2, 0.25) is 10.0 Å². The molecule has 0 saturated carbocycles. The minimum atomic E-state index is -4.95. The molecule has 0 fully saturated rings. The van der Waals surface area contributed by atoms with Gasteiger partial charge in [0, 0.05) is 18.3 Å². The molecule has 0 aliphatic rings. The molecule has 0 aliphatic carbocycles. The average molecular weight is 572 g/mol. The molecule has 13 heteroatoms. The number of rotatable bonds is 10. The lowest BCUT2D eigenvalue weighted by atomic mass is 10.1. The second-order valence-corrected chi connectivity index (χ2v) is 8.49. The van der Waals surface area contributed by atoms with Gasteiger partial charge in [-0.3, -0.25) is 0 Å². The third kappa shape index (κ3) is 7.80. The van der Waals surface area contributed by atoms with Gasteiger partial charge in [-0.05, 0) is 42.0 Å². The third-order valence-corrected chi connectivity index (χ3v) is 5.68. The maximum atomic E-state index is 13.3. The Morgan fingerprint density at radius 2 is 1.51 bits per heavy atom. The second kappa shape index (κ2) is 11.7. The SMILES string of the molecule is O[C@H](CN(Cc1cccc(OC(F)(F)C(F)F)c1)c1cccc(Oc2cccc(Cl)c2Cl)c1)C(F)(F)F. The molecule has 37 heavy (non-hydrogen) atoms. The summed E-state index contributed by atoms with van der Waals surface area (Å²) in [6.45, 7) is -1.28. The largest absolute Gasteiger partial charge is 0.461 e. The topological polar surface area (TPSA) is 41.9 Å². The number of hydrogen-bond acceptors (Lipinski definition) is 4. The fourth-order valence-corrected chi connectivity index (χ4v) is 3.47. The van der Waals surface area contributed by atoms with E-state index in [1.807, 2.05) is 0 Å². The smallest absolute Gasteiger partial charge is 0.456 e. The molecule has 3 rings (SSSR count). The van der Waals surface area contributed by atoms with Gasteiger partial charge in [0.15, 0.2) is 6.10 Å². The highest BCUT2D eigenvalue weighted by Gasteiger charge is 2.44. The van der Waals surface area contributed by atoms with Crippen molar-refractivity contribution in [3.8, 4) is 17.2 Å². The monoisotopic (exact) mass is 571 g/mol. The quantitative estimate of drug-likeness (QED) is 0.251. The summed E-state index contributed by atoms with van der Waals surface area (Å²) in [7, 11) is 0. The highest BCUT2D eigenvalue weighted by molar-refractivity contribution is 6.42. The third-order valence-electron chi connectivity index (χ3n) is 4.88. The molecule has 0 spiro atoms. The first-order valence-electron chi connectivity index (χ1n) is 10.4. The van der Waals surface area contributed by atoms with Gasteiger partial charge in [-0.15, -0.1) is 0 Å².